The summed E-state index contributed by atoms with van der Waals surface area (Å²) in [4.78, 5) is 22.4. The van der Waals surface area contributed by atoms with Crippen LogP contribution in [0.25, 0.3) is 0 Å². The molecule has 28 heavy (non-hydrogen) atoms. The second-order valence-electron chi connectivity index (χ2n) is 5.60. The van der Waals surface area contributed by atoms with Crippen molar-refractivity contribution in [1.82, 2.24) is 10.0 Å². The lowest BCUT2D eigenvalue weighted by Crippen LogP contribution is -2.34. The van der Waals surface area contributed by atoms with E-state index in [0.29, 0.717) is 11.3 Å². The third kappa shape index (κ3) is 7.25. The molecule has 0 heterocycles. The molecule has 0 aliphatic carbocycles. The normalized spacial score (nSPS) is 10.9. The monoisotopic (exact) mass is 407 g/mol. The number of benzene rings is 2. The summed E-state index contributed by atoms with van der Waals surface area (Å²) in [5.74, 6) is -0.119. The third-order valence-corrected chi connectivity index (χ3v) is 4.81. The molecule has 150 valence electrons. The topological polar surface area (TPSA) is 137 Å². The maximum Gasteiger partial charge on any atom is 0.312 e. The molecule has 0 saturated carbocycles. The zero-order valence-electron chi connectivity index (χ0n) is 15.0. The quantitative estimate of drug-likeness (QED) is 0.497. The SMILES string of the molecule is NC(=O)NCc1ccc(S(=O)(=O)NC(=O)COCCOc2ccccc2)cc1. The average Bonchev–Trinajstić information content (AvgIpc) is 2.67. The van der Waals surface area contributed by atoms with E-state index in [4.69, 9.17) is 15.2 Å². The molecule has 0 saturated heterocycles. The van der Waals surface area contributed by atoms with Gasteiger partial charge in [-0.05, 0) is 29.8 Å². The Morgan fingerprint density at radius 2 is 1.64 bits per heavy atom. The number of ether oxygens (including phenoxy) is 2. The van der Waals surface area contributed by atoms with Crippen molar-refractivity contribution in [3.63, 3.8) is 0 Å². The minimum absolute atomic E-state index is 0.0870. The van der Waals surface area contributed by atoms with Gasteiger partial charge in [-0.1, -0.05) is 30.3 Å². The zero-order valence-corrected chi connectivity index (χ0v) is 15.8. The van der Waals surface area contributed by atoms with E-state index in [0.717, 1.165) is 0 Å². The highest BCUT2D eigenvalue weighted by Crippen LogP contribution is 2.10. The Morgan fingerprint density at radius 3 is 2.29 bits per heavy atom. The molecule has 0 atom stereocenters. The summed E-state index contributed by atoms with van der Waals surface area (Å²) in [6.45, 7) is 0.105. The highest BCUT2D eigenvalue weighted by atomic mass is 32.2. The van der Waals surface area contributed by atoms with Crippen molar-refractivity contribution in [2.24, 2.45) is 5.73 Å². The van der Waals surface area contributed by atoms with E-state index in [2.05, 4.69) is 5.32 Å². The summed E-state index contributed by atoms with van der Waals surface area (Å²) in [7, 11) is -4.02. The van der Waals surface area contributed by atoms with Crippen LogP contribution >= 0.6 is 0 Å². The number of nitrogens with one attached hydrogen (secondary N) is 2. The summed E-state index contributed by atoms with van der Waals surface area (Å²) in [6.07, 6.45) is 0. The van der Waals surface area contributed by atoms with Crippen LogP contribution in [-0.2, 0) is 26.1 Å². The fourth-order valence-corrected chi connectivity index (χ4v) is 3.08. The van der Waals surface area contributed by atoms with Crippen LogP contribution in [0.2, 0.25) is 0 Å². The maximum atomic E-state index is 12.2. The molecule has 2 aromatic carbocycles. The summed E-state index contributed by atoms with van der Waals surface area (Å²) in [5, 5.41) is 2.39. The highest BCUT2D eigenvalue weighted by Gasteiger charge is 2.17. The fourth-order valence-electron chi connectivity index (χ4n) is 2.11. The van der Waals surface area contributed by atoms with Gasteiger partial charge in [0, 0.05) is 6.54 Å². The van der Waals surface area contributed by atoms with Gasteiger partial charge in [-0.2, -0.15) is 0 Å². The highest BCUT2D eigenvalue weighted by molar-refractivity contribution is 7.90. The van der Waals surface area contributed by atoms with Gasteiger partial charge in [-0.15, -0.1) is 0 Å². The number of hydrogen-bond acceptors (Lipinski definition) is 6. The van der Waals surface area contributed by atoms with E-state index in [1.54, 1.807) is 12.1 Å². The molecule has 2 aromatic rings. The molecule has 10 heteroatoms. The van der Waals surface area contributed by atoms with Gasteiger partial charge in [-0.3, -0.25) is 4.79 Å². The number of urea groups is 1. The first-order valence-electron chi connectivity index (χ1n) is 8.30. The van der Waals surface area contributed by atoms with Gasteiger partial charge in [0.1, 0.15) is 19.0 Å². The molecule has 3 amide bonds. The van der Waals surface area contributed by atoms with Gasteiger partial charge in [0.2, 0.25) is 0 Å². The fraction of sp³-hybridized carbons (Fsp3) is 0.222. The van der Waals surface area contributed by atoms with Crippen molar-refractivity contribution in [1.29, 1.82) is 0 Å². The molecular weight excluding hydrogens is 386 g/mol. The Balaban J connectivity index is 1.74. The first-order chi connectivity index (χ1) is 13.4. The Hall–Kier alpha value is -3.11. The lowest BCUT2D eigenvalue weighted by molar-refractivity contribution is -0.124. The second-order valence-corrected chi connectivity index (χ2v) is 7.29. The van der Waals surface area contributed by atoms with Gasteiger partial charge in [-0.25, -0.2) is 17.9 Å². The molecule has 0 aliphatic heterocycles. The Kier molecular flexibility index (Phi) is 7.78. The zero-order chi connectivity index (χ0) is 20.4. The molecule has 0 aromatic heterocycles. The minimum atomic E-state index is -4.02. The first-order valence-corrected chi connectivity index (χ1v) is 9.78. The van der Waals surface area contributed by atoms with E-state index in [1.165, 1.54) is 24.3 Å². The summed E-state index contributed by atoms with van der Waals surface area (Å²) in [5.41, 5.74) is 5.63. The standard InChI is InChI=1S/C18H21N3O6S/c19-18(23)20-12-14-6-8-16(9-7-14)28(24,25)21-17(22)13-26-10-11-27-15-4-2-1-3-5-15/h1-9H,10-13H2,(H,21,22)(H3,19,20,23). The minimum Gasteiger partial charge on any atom is -0.491 e. The lowest BCUT2D eigenvalue weighted by atomic mass is 10.2. The number of carbonyl (C=O) groups excluding carboxylic acids is 2. The number of sulfonamides is 1. The number of para-hydroxylation sites is 1. The predicted octanol–water partition coefficient (Wildman–Crippen LogP) is 0.755. The number of rotatable bonds is 10. The van der Waals surface area contributed by atoms with Gasteiger partial charge in [0.05, 0.1) is 11.5 Å². The van der Waals surface area contributed by atoms with Gasteiger partial charge in [0.15, 0.2) is 0 Å². The van der Waals surface area contributed by atoms with Crippen LogP contribution in [-0.4, -0.2) is 40.2 Å². The summed E-state index contributed by atoms with van der Waals surface area (Å²) >= 11 is 0. The third-order valence-electron chi connectivity index (χ3n) is 3.42. The largest absolute Gasteiger partial charge is 0.491 e. The number of hydrogen-bond donors (Lipinski definition) is 3. The Labute approximate surface area is 162 Å². The second kappa shape index (κ2) is 10.3. The predicted molar refractivity (Wildman–Crippen MR) is 101 cm³/mol. The van der Waals surface area contributed by atoms with Crippen LogP contribution in [0, 0.1) is 0 Å². The Morgan fingerprint density at radius 1 is 0.964 bits per heavy atom. The molecule has 0 spiro atoms. The number of carbonyl (C=O) groups is 2. The van der Waals surface area contributed by atoms with E-state index >= 15 is 0 Å². The molecule has 0 fully saturated rings. The summed E-state index contributed by atoms with van der Waals surface area (Å²) in [6, 6.07) is 14.1. The molecule has 0 aliphatic rings. The molecule has 2 rings (SSSR count). The van der Waals surface area contributed by atoms with Crippen molar-refractivity contribution >= 4 is 22.0 Å². The number of nitrogens with two attached hydrogens (primary N) is 1. The number of amides is 3. The van der Waals surface area contributed by atoms with E-state index in [9.17, 15) is 18.0 Å². The smallest absolute Gasteiger partial charge is 0.312 e. The van der Waals surface area contributed by atoms with Crippen LogP contribution in [0.15, 0.2) is 59.5 Å². The molecule has 4 N–H and O–H groups in total. The van der Waals surface area contributed by atoms with Crippen molar-refractivity contribution in [3.05, 3.63) is 60.2 Å². The number of primary amides is 1. The van der Waals surface area contributed by atoms with Crippen molar-refractivity contribution < 1.29 is 27.5 Å². The van der Waals surface area contributed by atoms with Gasteiger partial charge in [0.25, 0.3) is 15.9 Å². The molecule has 0 bridgehead atoms. The van der Waals surface area contributed by atoms with E-state index in [1.807, 2.05) is 22.9 Å². The van der Waals surface area contributed by atoms with Crippen LogP contribution in [0.1, 0.15) is 5.56 Å². The maximum absolute atomic E-state index is 12.2. The molecular formula is C18H21N3O6S. The lowest BCUT2D eigenvalue weighted by Gasteiger charge is -2.09. The van der Waals surface area contributed by atoms with Crippen LogP contribution in [0.5, 0.6) is 5.75 Å². The van der Waals surface area contributed by atoms with Crippen LogP contribution < -0.4 is 20.5 Å². The summed E-state index contributed by atoms with van der Waals surface area (Å²) < 4.78 is 36.8. The van der Waals surface area contributed by atoms with E-state index in [-0.39, 0.29) is 24.7 Å². The van der Waals surface area contributed by atoms with Crippen molar-refractivity contribution in [2.75, 3.05) is 19.8 Å². The first kappa shape index (κ1) is 21.2. The molecule has 9 nitrogen and oxygen atoms in total. The van der Waals surface area contributed by atoms with Gasteiger partial charge < -0.3 is 20.5 Å². The van der Waals surface area contributed by atoms with Crippen LogP contribution in [0.3, 0.4) is 0 Å². The molecule has 0 radical (unpaired) electrons. The van der Waals surface area contributed by atoms with Gasteiger partial charge >= 0.3 is 6.03 Å². The van der Waals surface area contributed by atoms with Crippen molar-refractivity contribution in [3.8, 4) is 5.75 Å². The van der Waals surface area contributed by atoms with Crippen LogP contribution in [0.4, 0.5) is 4.79 Å². The Bertz CT molecular complexity index is 885. The molecule has 0 unspecified atom stereocenters. The van der Waals surface area contributed by atoms with Crippen molar-refractivity contribution in [2.45, 2.75) is 11.4 Å². The average molecular weight is 407 g/mol. The van der Waals surface area contributed by atoms with E-state index < -0.39 is 28.6 Å².